The molecular weight excluding hydrogens is 475 g/mol. The molecule has 0 aromatic heterocycles. The minimum absolute atomic E-state index is 0.122. The highest BCUT2D eigenvalue weighted by Crippen LogP contribution is 2.32. The van der Waals surface area contributed by atoms with Gasteiger partial charge in [-0.15, -0.1) is 0 Å². The number of hydrogen-bond donors (Lipinski definition) is 2. The van der Waals surface area contributed by atoms with Gasteiger partial charge in [0.15, 0.2) is 5.17 Å². The number of amidine groups is 1. The Labute approximate surface area is 214 Å². The highest BCUT2D eigenvalue weighted by atomic mass is 32.2. The number of aliphatic carboxylic acids is 1. The molecule has 1 amide bonds. The molecule has 1 atom stereocenters. The van der Waals surface area contributed by atoms with E-state index in [1.165, 1.54) is 46.1 Å². The predicted octanol–water partition coefficient (Wildman–Crippen LogP) is 6.89. The molecule has 1 unspecified atom stereocenters. The van der Waals surface area contributed by atoms with Crippen LogP contribution in [0.1, 0.15) is 47.1 Å². The largest absolute Gasteiger partial charge is 0.481 e. The Balaban J connectivity index is 1.53. The van der Waals surface area contributed by atoms with Gasteiger partial charge in [-0.3, -0.25) is 9.59 Å². The normalized spacial score (nSPS) is 16.4. The van der Waals surface area contributed by atoms with E-state index in [9.17, 15) is 19.1 Å². The van der Waals surface area contributed by atoms with Gasteiger partial charge >= 0.3 is 5.97 Å². The summed E-state index contributed by atoms with van der Waals surface area (Å²) in [7, 11) is 0. The minimum atomic E-state index is -1.07. The summed E-state index contributed by atoms with van der Waals surface area (Å²) < 4.78 is 14.5. The van der Waals surface area contributed by atoms with Crippen molar-refractivity contribution in [2.45, 2.75) is 40.0 Å². The van der Waals surface area contributed by atoms with E-state index in [0.29, 0.717) is 15.8 Å². The van der Waals surface area contributed by atoms with E-state index in [4.69, 9.17) is 0 Å². The van der Waals surface area contributed by atoms with Gasteiger partial charge in [-0.1, -0.05) is 55.0 Å². The van der Waals surface area contributed by atoms with Crippen molar-refractivity contribution >= 4 is 40.6 Å². The van der Waals surface area contributed by atoms with E-state index in [0.717, 1.165) is 11.1 Å². The standard InChI is InChI=1S/C29H27FN2O3S/c1-5-22(28(34)35)23-11-10-21(15-24(23)30)31-29-32-27(33)25(36-29)14-19-6-8-20(9-7-19)26-17(3)12-16(2)13-18(26)4/h6-15,22H,5H2,1-4H3,(H,34,35)(H,31,32,33). The number of nitrogens with zero attached hydrogens (tertiary/aromatic N) is 1. The first-order chi connectivity index (χ1) is 17.2. The quantitative estimate of drug-likeness (QED) is 0.360. The summed E-state index contributed by atoms with van der Waals surface area (Å²) in [6.07, 6.45) is 2.08. The summed E-state index contributed by atoms with van der Waals surface area (Å²) in [5, 5.41) is 12.3. The van der Waals surface area contributed by atoms with Crippen LogP contribution in [0, 0.1) is 26.6 Å². The zero-order chi connectivity index (χ0) is 26.0. The van der Waals surface area contributed by atoms with Crippen LogP contribution in [-0.2, 0) is 9.59 Å². The fraction of sp³-hybridized carbons (Fsp3) is 0.207. The van der Waals surface area contributed by atoms with Crippen LogP contribution in [0.15, 0.2) is 64.5 Å². The van der Waals surface area contributed by atoms with E-state index in [-0.39, 0.29) is 17.9 Å². The van der Waals surface area contributed by atoms with E-state index >= 15 is 0 Å². The minimum Gasteiger partial charge on any atom is -0.481 e. The van der Waals surface area contributed by atoms with Crippen molar-refractivity contribution in [2.75, 3.05) is 0 Å². The number of aliphatic imine (C=N–C) groups is 1. The Kier molecular flexibility index (Phi) is 7.40. The molecule has 0 radical (unpaired) electrons. The second-order valence-electron chi connectivity index (χ2n) is 8.88. The monoisotopic (exact) mass is 502 g/mol. The average molecular weight is 503 g/mol. The fourth-order valence-corrected chi connectivity index (χ4v) is 5.37. The second-order valence-corrected chi connectivity index (χ2v) is 9.91. The number of nitrogens with one attached hydrogen (secondary N) is 1. The molecule has 1 aliphatic heterocycles. The van der Waals surface area contributed by atoms with Gasteiger partial charge in [0.1, 0.15) is 5.82 Å². The summed E-state index contributed by atoms with van der Waals surface area (Å²) in [6.45, 7) is 8.01. The van der Waals surface area contributed by atoms with Gasteiger partial charge < -0.3 is 10.4 Å². The Bertz CT molecular complexity index is 1390. The van der Waals surface area contributed by atoms with Crippen LogP contribution in [0.4, 0.5) is 10.1 Å². The summed E-state index contributed by atoms with van der Waals surface area (Å²) in [4.78, 5) is 28.7. The number of carbonyl (C=O) groups is 2. The van der Waals surface area contributed by atoms with Gasteiger partial charge in [0.05, 0.1) is 16.5 Å². The summed E-state index contributed by atoms with van der Waals surface area (Å²) >= 11 is 1.18. The van der Waals surface area contributed by atoms with Crippen molar-refractivity contribution in [2.24, 2.45) is 4.99 Å². The first-order valence-corrected chi connectivity index (χ1v) is 12.5. The first-order valence-electron chi connectivity index (χ1n) is 11.7. The van der Waals surface area contributed by atoms with Crippen LogP contribution >= 0.6 is 11.8 Å². The van der Waals surface area contributed by atoms with Gasteiger partial charge in [-0.2, -0.15) is 0 Å². The summed E-state index contributed by atoms with van der Waals surface area (Å²) in [5.74, 6) is -2.88. The van der Waals surface area contributed by atoms with E-state index in [1.807, 2.05) is 12.1 Å². The molecule has 4 rings (SSSR count). The fourth-order valence-electron chi connectivity index (χ4n) is 4.53. The lowest BCUT2D eigenvalue weighted by atomic mass is 9.93. The van der Waals surface area contributed by atoms with Crippen LogP contribution in [0.3, 0.4) is 0 Å². The lowest BCUT2D eigenvalue weighted by Crippen LogP contribution is -2.19. The molecule has 1 aliphatic rings. The van der Waals surface area contributed by atoms with Crippen LogP contribution in [0.25, 0.3) is 17.2 Å². The second kappa shape index (κ2) is 10.5. The number of thioether (sulfide) groups is 1. The van der Waals surface area contributed by atoms with Crippen molar-refractivity contribution in [3.63, 3.8) is 0 Å². The number of carboxylic acids is 1. The molecule has 1 saturated heterocycles. The molecular formula is C29H27FN2O3S. The lowest BCUT2D eigenvalue weighted by molar-refractivity contribution is -0.139. The molecule has 3 aromatic carbocycles. The summed E-state index contributed by atoms with van der Waals surface area (Å²) in [6, 6.07) is 16.6. The Morgan fingerprint density at radius 2 is 1.75 bits per heavy atom. The SMILES string of the molecule is CCC(C(=O)O)c1ccc(N=C2NC(=O)C(=Cc3ccc(-c4c(C)cc(C)cc4C)cc3)S2)cc1F. The maximum atomic E-state index is 14.5. The molecule has 0 aliphatic carbocycles. The Morgan fingerprint density at radius 3 is 2.33 bits per heavy atom. The molecule has 0 saturated carbocycles. The third-order valence-electron chi connectivity index (χ3n) is 6.12. The molecule has 2 N–H and O–H groups in total. The van der Waals surface area contributed by atoms with Gasteiger partial charge in [0.2, 0.25) is 0 Å². The van der Waals surface area contributed by atoms with Crippen molar-refractivity contribution in [3.05, 3.63) is 93.1 Å². The third kappa shape index (κ3) is 5.41. The first kappa shape index (κ1) is 25.4. The van der Waals surface area contributed by atoms with Gasteiger partial charge in [-0.25, -0.2) is 9.38 Å². The maximum absolute atomic E-state index is 14.5. The predicted molar refractivity (Wildman–Crippen MR) is 144 cm³/mol. The van der Waals surface area contributed by atoms with E-state index < -0.39 is 17.7 Å². The molecule has 1 heterocycles. The van der Waals surface area contributed by atoms with E-state index in [2.05, 4.69) is 55.3 Å². The van der Waals surface area contributed by atoms with Crippen molar-refractivity contribution in [1.82, 2.24) is 5.32 Å². The van der Waals surface area contributed by atoms with Crippen molar-refractivity contribution in [3.8, 4) is 11.1 Å². The van der Waals surface area contributed by atoms with E-state index in [1.54, 1.807) is 19.1 Å². The molecule has 184 valence electrons. The van der Waals surface area contributed by atoms with Gasteiger partial charge in [-0.05, 0) is 85.0 Å². The van der Waals surface area contributed by atoms with Crippen LogP contribution in [0.5, 0.6) is 0 Å². The number of carbonyl (C=O) groups excluding carboxylic acids is 1. The number of hydrogen-bond acceptors (Lipinski definition) is 4. The summed E-state index contributed by atoms with van der Waals surface area (Å²) in [5.41, 5.74) is 7.33. The zero-order valence-corrected chi connectivity index (χ0v) is 21.4. The van der Waals surface area contributed by atoms with Gasteiger partial charge in [0, 0.05) is 5.56 Å². The van der Waals surface area contributed by atoms with Crippen LogP contribution in [-0.4, -0.2) is 22.2 Å². The van der Waals surface area contributed by atoms with Gasteiger partial charge in [0.25, 0.3) is 5.91 Å². The van der Waals surface area contributed by atoms with Crippen molar-refractivity contribution in [1.29, 1.82) is 0 Å². The highest BCUT2D eigenvalue weighted by molar-refractivity contribution is 8.18. The number of halogens is 1. The molecule has 36 heavy (non-hydrogen) atoms. The Hall–Kier alpha value is -3.71. The topological polar surface area (TPSA) is 78.8 Å². The van der Waals surface area contributed by atoms with Crippen LogP contribution < -0.4 is 5.32 Å². The number of aryl methyl sites for hydroxylation is 3. The maximum Gasteiger partial charge on any atom is 0.311 e. The van der Waals surface area contributed by atoms with Crippen molar-refractivity contribution < 1.29 is 19.1 Å². The number of amides is 1. The molecule has 7 heteroatoms. The molecule has 1 fully saturated rings. The molecule has 3 aromatic rings. The smallest absolute Gasteiger partial charge is 0.311 e. The number of benzene rings is 3. The molecule has 0 spiro atoms. The number of rotatable bonds is 6. The lowest BCUT2D eigenvalue weighted by Gasteiger charge is -2.12. The van der Waals surface area contributed by atoms with Crippen LogP contribution in [0.2, 0.25) is 0 Å². The highest BCUT2D eigenvalue weighted by Gasteiger charge is 2.25. The Morgan fingerprint density at radius 1 is 1.08 bits per heavy atom. The zero-order valence-electron chi connectivity index (χ0n) is 20.6. The average Bonchev–Trinajstić information content (AvgIpc) is 3.14. The molecule has 0 bridgehead atoms. The molecule has 5 nitrogen and oxygen atoms in total. The third-order valence-corrected chi connectivity index (χ3v) is 7.03. The number of carboxylic acid groups (broad SMARTS) is 1.